The smallest absolute Gasteiger partial charge is 0.253 e. The van der Waals surface area contributed by atoms with Crippen LogP contribution in [-0.2, 0) is 4.79 Å². The van der Waals surface area contributed by atoms with E-state index in [1.165, 1.54) is 6.42 Å². The summed E-state index contributed by atoms with van der Waals surface area (Å²) in [5.41, 5.74) is 1.41. The Morgan fingerprint density at radius 3 is 2.48 bits per heavy atom. The predicted molar refractivity (Wildman–Crippen MR) is 97.4 cm³/mol. The largest absolute Gasteiger partial charge is 0.338 e. The average Bonchev–Trinajstić information content (AvgIpc) is 3.24. The van der Waals surface area contributed by atoms with Crippen molar-refractivity contribution in [1.82, 2.24) is 10.2 Å². The Kier molecular flexibility index (Phi) is 4.75. The molecular weight excluding hydrogens is 314 g/mol. The van der Waals surface area contributed by atoms with Crippen molar-refractivity contribution in [2.24, 2.45) is 17.8 Å². The third-order valence-electron chi connectivity index (χ3n) is 6.03. The number of likely N-dealkylation sites (tertiary alicyclic amines) is 1. The number of fused-ring (bicyclic) bond motifs is 1. The first-order valence-corrected chi connectivity index (χ1v) is 9.61. The van der Waals surface area contributed by atoms with E-state index in [9.17, 15) is 9.59 Å². The maximum absolute atomic E-state index is 12.8. The van der Waals surface area contributed by atoms with Gasteiger partial charge in [-0.2, -0.15) is 0 Å². The first-order valence-electron chi connectivity index (χ1n) is 9.61. The van der Waals surface area contributed by atoms with Gasteiger partial charge in [-0.3, -0.25) is 9.59 Å². The maximum Gasteiger partial charge on any atom is 0.253 e. The zero-order valence-electron chi connectivity index (χ0n) is 14.7. The van der Waals surface area contributed by atoms with E-state index < -0.39 is 0 Å². The molecule has 0 aromatic heterocycles. The highest BCUT2D eigenvalue weighted by Crippen LogP contribution is 2.28. The highest BCUT2D eigenvalue weighted by Gasteiger charge is 2.38. The van der Waals surface area contributed by atoms with Crippen LogP contribution in [0.25, 0.3) is 0 Å². The van der Waals surface area contributed by atoms with Gasteiger partial charge >= 0.3 is 0 Å². The minimum absolute atomic E-state index is 0.0863. The molecule has 0 bridgehead atoms. The lowest BCUT2D eigenvalue weighted by molar-refractivity contribution is -0.120. The van der Waals surface area contributed by atoms with Crippen LogP contribution in [-0.4, -0.2) is 42.9 Å². The molecule has 2 saturated heterocycles. The third-order valence-corrected chi connectivity index (χ3v) is 6.03. The van der Waals surface area contributed by atoms with Gasteiger partial charge in [-0.25, -0.2) is 0 Å². The molecule has 2 aliphatic heterocycles. The van der Waals surface area contributed by atoms with Crippen LogP contribution in [0.3, 0.4) is 0 Å². The van der Waals surface area contributed by atoms with Gasteiger partial charge in [-0.15, -0.1) is 0 Å². The number of carbonyl (C=O) groups is 2. The van der Waals surface area contributed by atoms with Crippen molar-refractivity contribution in [3.63, 3.8) is 0 Å². The summed E-state index contributed by atoms with van der Waals surface area (Å²) in [5.74, 6) is 1.50. The second-order valence-corrected chi connectivity index (χ2v) is 7.79. The Hall–Kier alpha value is -1.88. The van der Waals surface area contributed by atoms with Crippen LogP contribution in [0.5, 0.6) is 0 Å². The van der Waals surface area contributed by atoms with Gasteiger partial charge in [0, 0.05) is 43.3 Å². The molecule has 25 heavy (non-hydrogen) atoms. The molecule has 5 heteroatoms. The van der Waals surface area contributed by atoms with Gasteiger partial charge in [-0.05, 0) is 42.9 Å². The number of benzene rings is 1. The summed E-state index contributed by atoms with van der Waals surface area (Å²) in [7, 11) is 0. The lowest BCUT2D eigenvalue weighted by Gasteiger charge is -2.21. The fourth-order valence-electron chi connectivity index (χ4n) is 4.54. The number of hydrogen-bond acceptors (Lipinski definition) is 3. The molecule has 2 heterocycles. The van der Waals surface area contributed by atoms with Crippen LogP contribution >= 0.6 is 0 Å². The van der Waals surface area contributed by atoms with E-state index in [0.29, 0.717) is 17.4 Å². The summed E-state index contributed by atoms with van der Waals surface area (Å²) >= 11 is 0. The van der Waals surface area contributed by atoms with Crippen LogP contribution in [0.4, 0.5) is 5.69 Å². The van der Waals surface area contributed by atoms with E-state index in [4.69, 9.17) is 0 Å². The minimum Gasteiger partial charge on any atom is -0.338 e. The second-order valence-electron chi connectivity index (χ2n) is 7.79. The predicted octanol–water partition coefficient (Wildman–Crippen LogP) is 2.50. The molecule has 2 amide bonds. The molecule has 1 aliphatic carbocycles. The topological polar surface area (TPSA) is 61.4 Å². The molecular formula is C20H27N3O2. The Morgan fingerprint density at radius 2 is 1.76 bits per heavy atom. The highest BCUT2D eigenvalue weighted by molar-refractivity contribution is 5.97. The molecule has 1 aromatic rings. The van der Waals surface area contributed by atoms with E-state index in [1.54, 1.807) is 0 Å². The van der Waals surface area contributed by atoms with Crippen LogP contribution in [0.1, 0.15) is 42.5 Å². The summed E-state index contributed by atoms with van der Waals surface area (Å²) in [5, 5.41) is 6.42. The summed E-state index contributed by atoms with van der Waals surface area (Å²) in [6.45, 7) is 3.72. The molecule has 5 nitrogen and oxygen atoms in total. The van der Waals surface area contributed by atoms with Gasteiger partial charge < -0.3 is 15.5 Å². The van der Waals surface area contributed by atoms with Gasteiger partial charge in [-0.1, -0.05) is 25.3 Å². The number of nitrogens with zero attached hydrogens (tertiary/aromatic N) is 1. The standard InChI is InChI=1S/C20H27N3O2/c24-19(14-5-2-1-3-6-14)22-18-8-4-7-15(9-18)20(25)23-12-16-10-21-11-17(16)13-23/h4,7-9,14,16-17,21H,1-3,5-6,10-13H2,(H,22,24)/t16-,17+. The summed E-state index contributed by atoms with van der Waals surface area (Å²) in [6, 6.07) is 7.42. The summed E-state index contributed by atoms with van der Waals surface area (Å²) in [4.78, 5) is 27.2. The van der Waals surface area contributed by atoms with Crippen molar-refractivity contribution in [2.45, 2.75) is 32.1 Å². The van der Waals surface area contributed by atoms with Gasteiger partial charge in [0.1, 0.15) is 0 Å². The van der Waals surface area contributed by atoms with E-state index >= 15 is 0 Å². The number of anilines is 1. The Labute approximate surface area is 149 Å². The molecule has 2 atom stereocenters. The fraction of sp³-hybridized carbons (Fsp3) is 0.600. The molecule has 3 aliphatic rings. The molecule has 1 saturated carbocycles. The lowest BCUT2D eigenvalue weighted by atomic mass is 9.88. The van der Waals surface area contributed by atoms with Gasteiger partial charge in [0.05, 0.1) is 0 Å². The van der Waals surface area contributed by atoms with Crippen LogP contribution in [0.2, 0.25) is 0 Å². The van der Waals surface area contributed by atoms with Crippen molar-refractivity contribution in [2.75, 3.05) is 31.5 Å². The Bertz CT molecular complexity index is 642. The lowest BCUT2D eigenvalue weighted by Crippen LogP contribution is -2.32. The van der Waals surface area contributed by atoms with Crippen molar-refractivity contribution in [3.05, 3.63) is 29.8 Å². The van der Waals surface area contributed by atoms with Gasteiger partial charge in [0.2, 0.25) is 5.91 Å². The molecule has 134 valence electrons. The summed E-state index contributed by atoms with van der Waals surface area (Å²) < 4.78 is 0. The number of rotatable bonds is 3. The number of carbonyl (C=O) groups excluding carboxylic acids is 2. The normalized spacial score (nSPS) is 26.5. The zero-order valence-corrected chi connectivity index (χ0v) is 14.7. The molecule has 0 unspecified atom stereocenters. The van der Waals surface area contributed by atoms with E-state index in [1.807, 2.05) is 29.2 Å². The first-order chi connectivity index (χ1) is 12.2. The quantitative estimate of drug-likeness (QED) is 0.888. The Morgan fingerprint density at radius 1 is 1.04 bits per heavy atom. The van der Waals surface area contributed by atoms with E-state index in [-0.39, 0.29) is 17.7 Å². The maximum atomic E-state index is 12.8. The van der Waals surface area contributed by atoms with E-state index in [0.717, 1.165) is 57.5 Å². The molecule has 0 spiro atoms. The second kappa shape index (κ2) is 7.16. The molecule has 0 radical (unpaired) electrons. The van der Waals surface area contributed by atoms with Crippen molar-refractivity contribution < 1.29 is 9.59 Å². The van der Waals surface area contributed by atoms with Gasteiger partial charge in [0.25, 0.3) is 5.91 Å². The average molecular weight is 341 g/mol. The number of amides is 2. The van der Waals surface area contributed by atoms with Crippen molar-refractivity contribution >= 4 is 17.5 Å². The monoisotopic (exact) mass is 341 g/mol. The third kappa shape index (κ3) is 3.56. The summed E-state index contributed by atoms with van der Waals surface area (Å²) in [6.07, 6.45) is 5.48. The Balaban J connectivity index is 1.40. The minimum atomic E-state index is 0.0863. The van der Waals surface area contributed by atoms with E-state index in [2.05, 4.69) is 10.6 Å². The van der Waals surface area contributed by atoms with Gasteiger partial charge in [0.15, 0.2) is 0 Å². The van der Waals surface area contributed by atoms with Crippen LogP contribution in [0.15, 0.2) is 24.3 Å². The van der Waals surface area contributed by atoms with Crippen molar-refractivity contribution in [3.8, 4) is 0 Å². The van der Waals surface area contributed by atoms with Crippen molar-refractivity contribution in [1.29, 1.82) is 0 Å². The number of nitrogens with one attached hydrogen (secondary N) is 2. The highest BCUT2D eigenvalue weighted by atomic mass is 16.2. The molecule has 4 rings (SSSR count). The van der Waals surface area contributed by atoms with Crippen LogP contribution < -0.4 is 10.6 Å². The molecule has 1 aromatic carbocycles. The fourth-order valence-corrected chi connectivity index (χ4v) is 4.54. The zero-order chi connectivity index (χ0) is 17.2. The molecule has 2 N–H and O–H groups in total. The van der Waals surface area contributed by atoms with Crippen LogP contribution in [0, 0.1) is 17.8 Å². The SMILES string of the molecule is O=C(Nc1cccc(C(=O)N2C[C@H]3CNC[C@H]3C2)c1)C1CCCCC1. The number of hydrogen-bond donors (Lipinski definition) is 2. The first kappa shape index (κ1) is 16.6. The molecule has 3 fully saturated rings.